The van der Waals surface area contributed by atoms with E-state index in [0.717, 1.165) is 17.8 Å². The molecule has 0 aromatic carbocycles. The summed E-state index contributed by atoms with van der Waals surface area (Å²) in [5, 5.41) is 10.4. The quantitative estimate of drug-likeness (QED) is 0.687. The van der Waals surface area contributed by atoms with Gasteiger partial charge in [0.05, 0.1) is 6.61 Å². The highest BCUT2D eigenvalue weighted by atomic mass is 32.1. The lowest BCUT2D eigenvalue weighted by atomic mass is 10.4. The summed E-state index contributed by atoms with van der Waals surface area (Å²) in [5.74, 6) is -0.353. The van der Waals surface area contributed by atoms with Gasteiger partial charge in [0.1, 0.15) is 17.2 Å². The van der Waals surface area contributed by atoms with Gasteiger partial charge in [-0.15, -0.1) is 11.3 Å². The predicted molar refractivity (Wildman–Crippen MR) is 64.1 cm³/mol. The van der Waals surface area contributed by atoms with Crippen molar-refractivity contribution in [2.45, 2.75) is 6.42 Å². The van der Waals surface area contributed by atoms with Crippen molar-refractivity contribution in [3.05, 3.63) is 16.3 Å². The summed E-state index contributed by atoms with van der Waals surface area (Å²) in [6.45, 7) is 2.24. The Bertz CT molecular complexity index is 336. The van der Waals surface area contributed by atoms with E-state index >= 15 is 0 Å². The van der Waals surface area contributed by atoms with Gasteiger partial charge in [-0.1, -0.05) is 0 Å². The molecule has 0 saturated carbocycles. The van der Waals surface area contributed by atoms with Crippen LogP contribution < -0.4 is 4.74 Å². The van der Waals surface area contributed by atoms with Crippen LogP contribution in [-0.4, -0.2) is 44.6 Å². The molecule has 0 aliphatic carbocycles. The second-order valence-electron chi connectivity index (χ2n) is 3.26. The maximum Gasteiger partial charge on any atom is 0.346 e. The Morgan fingerprint density at radius 1 is 1.35 bits per heavy atom. The Morgan fingerprint density at radius 2 is 2.18 bits per heavy atom. The summed E-state index contributed by atoms with van der Waals surface area (Å²) in [4.78, 5) is 10.9. The predicted octanol–water partition coefficient (Wildman–Crippen LogP) is 1.88. The number of methoxy groups -OCH3 is 1. The zero-order valence-electron chi connectivity index (χ0n) is 9.68. The lowest BCUT2D eigenvalue weighted by Gasteiger charge is -2.05. The molecule has 0 spiro atoms. The first-order valence-electron chi connectivity index (χ1n) is 5.25. The maximum atomic E-state index is 10.6. The molecule has 1 rings (SSSR count). The van der Waals surface area contributed by atoms with Crippen molar-refractivity contribution < 1.29 is 24.1 Å². The summed E-state index contributed by atoms with van der Waals surface area (Å²) in [5.41, 5.74) is 0. The van der Waals surface area contributed by atoms with Crippen molar-refractivity contribution in [2.24, 2.45) is 0 Å². The molecular weight excluding hydrogens is 244 g/mol. The van der Waals surface area contributed by atoms with Gasteiger partial charge in [-0.05, 0) is 6.42 Å². The summed E-state index contributed by atoms with van der Waals surface area (Å²) >= 11 is 1.15. The Kier molecular flexibility index (Phi) is 6.61. The molecule has 0 saturated heterocycles. The number of hydrogen-bond acceptors (Lipinski definition) is 5. The number of ether oxygens (including phenoxy) is 3. The number of carboxylic acids is 1. The van der Waals surface area contributed by atoms with Gasteiger partial charge in [0.2, 0.25) is 0 Å². The maximum absolute atomic E-state index is 10.6. The molecule has 0 radical (unpaired) electrons. The van der Waals surface area contributed by atoms with Crippen molar-refractivity contribution in [1.82, 2.24) is 0 Å². The largest absolute Gasteiger partial charge is 0.490 e. The molecule has 1 heterocycles. The normalized spacial score (nSPS) is 10.4. The Balaban J connectivity index is 2.07. The van der Waals surface area contributed by atoms with Crippen LogP contribution in [0.15, 0.2) is 11.4 Å². The van der Waals surface area contributed by atoms with E-state index in [4.69, 9.17) is 19.3 Å². The van der Waals surface area contributed by atoms with E-state index in [1.807, 2.05) is 0 Å². The van der Waals surface area contributed by atoms with E-state index in [-0.39, 0.29) is 4.88 Å². The smallest absolute Gasteiger partial charge is 0.346 e. The minimum Gasteiger partial charge on any atom is -0.490 e. The topological polar surface area (TPSA) is 65.0 Å². The number of aromatic carboxylic acids is 1. The van der Waals surface area contributed by atoms with E-state index in [2.05, 4.69) is 0 Å². The third-order valence-electron chi connectivity index (χ3n) is 1.92. The molecule has 0 fully saturated rings. The Hall–Kier alpha value is -1.11. The van der Waals surface area contributed by atoms with Gasteiger partial charge in [0.15, 0.2) is 0 Å². The van der Waals surface area contributed by atoms with Crippen LogP contribution in [0.25, 0.3) is 0 Å². The lowest BCUT2D eigenvalue weighted by Crippen LogP contribution is -2.08. The third-order valence-corrected chi connectivity index (χ3v) is 2.82. The summed E-state index contributed by atoms with van der Waals surface area (Å²) in [7, 11) is 1.65. The molecule has 1 aromatic rings. The summed E-state index contributed by atoms with van der Waals surface area (Å²) in [6, 6.07) is 1.51. The molecular formula is C11H16O5S. The fraction of sp³-hybridized carbons (Fsp3) is 0.545. The average molecular weight is 260 g/mol. The minimum absolute atomic E-state index is 0.279. The molecule has 0 aliphatic rings. The molecule has 0 atom stereocenters. The second-order valence-corrected chi connectivity index (χ2v) is 4.17. The molecule has 0 amide bonds. The van der Waals surface area contributed by atoms with Crippen molar-refractivity contribution in [2.75, 3.05) is 33.5 Å². The standard InChI is InChI=1S/C11H16O5S/c1-14-3-2-4-15-5-6-16-9-7-10(11(12)13)17-8-9/h7-8H,2-6H2,1H3,(H,12,13). The van der Waals surface area contributed by atoms with E-state index in [1.165, 1.54) is 6.07 Å². The van der Waals surface area contributed by atoms with Crippen LogP contribution in [0.4, 0.5) is 0 Å². The number of carbonyl (C=O) groups is 1. The molecule has 17 heavy (non-hydrogen) atoms. The highest BCUT2D eigenvalue weighted by molar-refractivity contribution is 7.12. The van der Waals surface area contributed by atoms with Crippen LogP contribution >= 0.6 is 11.3 Å². The number of thiophene rings is 1. The van der Waals surface area contributed by atoms with Crippen LogP contribution in [0, 0.1) is 0 Å². The highest BCUT2D eigenvalue weighted by Gasteiger charge is 2.06. The van der Waals surface area contributed by atoms with Crippen molar-refractivity contribution in [3.63, 3.8) is 0 Å². The highest BCUT2D eigenvalue weighted by Crippen LogP contribution is 2.21. The van der Waals surface area contributed by atoms with Gasteiger partial charge in [-0.3, -0.25) is 0 Å². The van der Waals surface area contributed by atoms with E-state index in [1.54, 1.807) is 12.5 Å². The Labute approximate surface area is 104 Å². The van der Waals surface area contributed by atoms with E-state index in [9.17, 15) is 4.79 Å². The lowest BCUT2D eigenvalue weighted by molar-refractivity contribution is 0.0701. The molecule has 0 unspecified atom stereocenters. The van der Waals surface area contributed by atoms with Gasteiger partial charge in [0, 0.05) is 31.8 Å². The fourth-order valence-corrected chi connectivity index (χ4v) is 1.80. The van der Waals surface area contributed by atoms with Crippen LogP contribution in [0.2, 0.25) is 0 Å². The first-order chi connectivity index (χ1) is 8.24. The van der Waals surface area contributed by atoms with Crippen LogP contribution in [0.1, 0.15) is 16.1 Å². The van der Waals surface area contributed by atoms with E-state index < -0.39 is 5.97 Å². The molecule has 0 bridgehead atoms. The second kappa shape index (κ2) is 8.05. The zero-order valence-corrected chi connectivity index (χ0v) is 10.5. The van der Waals surface area contributed by atoms with Crippen LogP contribution in [-0.2, 0) is 9.47 Å². The van der Waals surface area contributed by atoms with Gasteiger partial charge >= 0.3 is 5.97 Å². The SMILES string of the molecule is COCCCOCCOc1csc(C(=O)O)c1. The summed E-state index contributed by atoms with van der Waals surface area (Å²) < 4.78 is 15.5. The molecule has 1 aromatic heterocycles. The molecule has 6 heteroatoms. The van der Waals surface area contributed by atoms with Crippen LogP contribution in [0.5, 0.6) is 5.75 Å². The van der Waals surface area contributed by atoms with Gasteiger partial charge in [0.25, 0.3) is 0 Å². The average Bonchev–Trinajstić information content (AvgIpc) is 2.77. The molecule has 5 nitrogen and oxygen atoms in total. The monoisotopic (exact) mass is 260 g/mol. The van der Waals surface area contributed by atoms with E-state index in [0.29, 0.717) is 32.2 Å². The van der Waals surface area contributed by atoms with Crippen molar-refractivity contribution in [1.29, 1.82) is 0 Å². The molecule has 0 aliphatic heterocycles. The number of carboxylic acid groups (broad SMARTS) is 1. The first-order valence-corrected chi connectivity index (χ1v) is 6.13. The number of rotatable bonds is 9. The Morgan fingerprint density at radius 3 is 2.82 bits per heavy atom. The van der Waals surface area contributed by atoms with Gasteiger partial charge < -0.3 is 19.3 Å². The molecule has 96 valence electrons. The molecule has 1 N–H and O–H groups in total. The summed E-state index contributed by atoms with van der Waals surface area (Å²) in [6.07, 6.45) is 0.859. The zero-order chi connectivity index (χ0) is 12.5. The fourth-order valence-electron chi connectivity index (χ4n) is 1.13. The van der Waals surface area contributed by atoms with Crippen molar-refractivity contribution >= 4 is 17.3 Å². The van der Waals surface area contributed by atoms with Crippen LogP contribution in [0.3, 0.4) is 0 Å². The third kappa shape index (κ3) is 5.67. The number of hydrogen-bond donors (Lipinski definition) is 1. The van der Waals surface area contributed by atoms with Crippen molar-refractivity contribution in [3.8, 4) is 5.75 Å². The first kappa shape index (κ1) is 14.0. The van der Waals surface area contributed by atoms with Gasteiger partial charge in [-0.25, -0.2) is 4.79 Å². The minimum atomic E-state index is -0.930. The van der Waals surface area contributed by atoms with Gasteiger partial charge in [-0.2, -0.15) is 0 Å².